The van der Waals surface area contributed by atoms with Crippen LogP contribution in [0.4, 0.5) is 16.2 Å². The Hall–Kier alpha value is -4.20. The van der Waals surface area contributed by atoms with Gasteiger partial charge in [0.2, 0.25) is 0 Å². The third-order valence-electron chi connectivity index (χ3n) is 5.84. The molecule has 1 aliphatic heterocycles. The molecule has 1 heterocycles. The first-order chi connectivity index (χ1) is 17.0. The number of ether oxygens (including phenoxy) is 3. The molecule has 1 aliphatic rings. The van der Waals surface area contributed by atoms with Crippen molar-refractivity contribution >= 4 is 23.3 Å². The van der Waals surface area contributed by atoms with Crippen molar-refractivity contribution in [3.05, 3.63) is 77.9 Å². The number of hydrogen-bond donors (Lipinski definition) is 1. The Morgan fingerprint density at radius 3 is 2.29 bits per heavy atom. The van der Waals surface area contributed by atoms with Crippen LogP contribution in [0.2, 0.25) is 0 Å². The quantitative estimate of drug-likeness (QED) is 0.506. The Morgan fingerprint density at radius 2 is 1.57 bits per heavy atom. The molecule has 0 spiro atoms. The van der Waals surface area contributed by atoms with Crippen LogP contribution in [0.25, 0.3) is 0 Å². The van der Waals surface area contributed by atoms with Crippen LogP contribution >= 0.6 is 0 Å². The van der Waals surface area contributed by atoms with Gasteiger partial charge in [0.15, 0.2) is 0 Å². The third-order valence-corrected chi connectivity index (χ3v) is 5.84. The predicted molar refractivity (Wildman–Crippen MR) is 135 cm³/mol. The fraction of sp³-hybridized carbons (Fsp3) is 0.259. The summed E-state index contributed by atoms with van der Waals surface area (Å²) in [6.45, 7) is 1.69. The van der Waals surface area contributed by atoms with E-state index in [1.165, 1.54) is 0 Å². The van der Waals surface area contributed by atoms with Crippen molar-refractivity contribution < 1.29 is 23.8 Å². The van der Waals surface area contributed by atoms with Crippen molar-refractivity contribution in [1.29, 1.82) is 0 Å². The first-order valence-corrected chi connectivity index (χ1v) is 11.3. The molecular formula is C27H29N3O5. The van der Waals surface area contributed by atoms with Crippen LogP contribution in [-0.2, 0) is 6.54 Å². The van der Waals surface area contributed by atoms with Gasteiger partial charge in [0.1, 0.15) is 17.2 Å². The SMILES string of the molecule is COc1cc(CN2CCCN(c3cccc(NC(=O)c4cccc(OC)c4)c3)C2=O)cc(OC)c1. The van der Waals surface area contributed by atoms with E-state index in [4.69, 9.17) is 14.2 Å². The molecular weight excluding hydrogens is 446 g/mol. The minimum atomic E-state index is -0.250. The fourth-order valence-electron chi connectivity index (χ4n) is 4.07. The summed E-state index contributed by atoms with van der Waals surface area (Å²) in [6.07, 6.45) is 0.827. The van der Waals surface area contributed by atoms with Crippen molar-refractivity contribution in [1.82, 2.24) is 4.90 Å². The Bertz CT molecular complexity index is 1190. The van der Waals surface area contributed by atoms with Crippen molar-refractivity contribution in [2.75, 3.05) is 44.6 Å². The van der Waals surface area contributed by atoms with Crippen LogP contribution in [0.15, 0.2) is 66.7 Å². The molecule has 1 fully saturated rings. The van der Waals surface area contributed by atoms with Gasteiger partial charge in [-0.3, -0.25) is 9.69 Å². The van der Waals surface area contributed by atoms with Gasteiger partial charge in [-0.2, -0.15) is 0 Å². The topological polar surface area (TPSA) is 80.3 Å². The van der Waals surface area contributed by atoms with Crippen molar-refractivity contribution in [2.45, 2.75) is 13.0 Å². The van der Waals surface area contributed by atoms with E-state index < -0.39 is 0 Å². The lowest BCUT2D eigenvalue weighted by molar-refractivity contribution is 0.102. The number of carbonyl (C=O) groups is 2. The number of benzene rings is 3. The largest absolute Gasteiger partial charge is 0.497 e. The van der Waals surface area contributed by atoms with E-state index in [0.717, 1.165) is 17.7 Å². The lowest BCUT2D eigenvalue weighted by Crippen LogP contribution is -2.49. The highest BCUT2D eigenvalue weighted by Gasteiger charge is 2.27. The second-order valence-electron chi connectivity index (χ2n) is 8.17. The molecule has 0 aromatic heterocycles. The molecule has 182 valence electrons. The molecule has 3 amide bonds. The lowest BCUT2D eigenvalue weighted by Gasteiger charge is -2.36. The molecule has 0 bridgehead atoms. The standard InChI is InChI=1S/C27H29N3O5/c1-33-23-10-4-7-20(15-23)26(31)28-21-8-5-9-22(16-21)30-12-6-11-29(27(30)32)18-19-13-24(34-2)17-25(14-19)35-3/h4-5,7-10,13-17H,6,11-12,18H2,1-3H3,(H,28,31). The maximum Gasteiger partial charge on any atom is 0.324 e. The summed E-state index contributed by atoms with van der Waals surface area (Å²) in [6, 6.07) is 19.8. The number of nitrogens with zero attached hydrogens (tertiary/aromatic N) is 2. The van der Waals surface area contributed by atoms with Crippen LogP contribution in [0.1, 0.15) is 22.3 Å². The number of urea groups is 1. The number of amides is 3. The number of rotatable bonds is 8. The molecule has 0 saturated carbocycles. The van der Waals surface area contributed by atoms with Gasteiger partial charge in [-0.05, 0) is 60.5 Å². The van der Waals surface area contributed by atoms with Crippen LogP contribution in [0, 0.1) is 0 Å². The minimum Gasteiger partial charge on any atom is -0.497 e. The fourth-order valence-corrected chi connectivity index (χ4v) is 4.07. The number of hydrogen-bond acceptors (Lipinski definition) is 5. The summed E-state index contributed by atoms with van der Waals surface area (Å²) in [4.78, 5) is 29.6. The van der Waals surface area contributed by atoms with E-state index in [1.54, 1.807) is 67.5 Å². The monoisotopic (exact) mass is 475 g/mol. The van der Waals surface area contributed by atoms with Gasteiger partial charge in [-0.15, -0.1) is 0 Å². The average molecular weight is 476 g/mol. The molecule has 35 heavy (non-hydrogen) atoms. The van der Waals surface area contributed by atoms with E-state index >= 15 is 0 Å². The van der Waals surface area contributed by atoms with Gasteiger partial charge >= 0.3 is 6.03 Å². The Kier molecular flexibility index (Phi) is 7.40. The number of nitrogens with one attached hydrogen (secondary N) is 1. The molecule has 1 saturated heterocycles. The second kappa shape index (κ2) is 10.8. The van der Waals surface area contributed by atoms with Gasteiger partial charge in [0.05, 0.1) is 21.3 Å². The molecule has 8 nitrogen and oxygen atoms in total. The third kappa shape index (κ3) is 5.66. The van der Waals surface area contributed by atoms with Gasteiger partial charge < -0.3 is 24.4 Å². The van der Waals surface area contributed by atoms with Crippen molar-refractivity contribution in [2.24, 2.45) is 0 Å². The van der Waals surface area contributed by atoms with E-state index in [1.807, 2.05) is 30.3 Å². The highest BCUT2D eigenvalue weighted by Crippen LogP contribution is 2.27. The molecule has 0 aliphatic carbocycles. The molecule has 0 unspecified atom stereocenters. The number of methoxy groups -OCH3 is 3. The van der Waals surface area contributed by atoms with Crippen LogP contribution in [-0.4, -0.2) is 51.3 Å². The van der Waals surface area contributed by atoms with Crippen LogP contribution in [0.3, 0.4) is 0 Å². The van der Waals surface area contributed by atoms with E-state index in [-0.39, 0.29) is 11.9 Å². The molecule has 1 N–H and O–H groups in total. The average Bonchev–Trinajstić information content (AvgIpc) is 2.89. The predicted octanol–water partition coefficient (Wildman–Crippen LogP) is 4.80. The smallest absolute Gasteiger partial charge is 0.324 e. The molecule has 0 radical (unpaired) electrons. The zero-order valence-electron chi connectivity index (χ0n) is 20.1. The van der Waals surface area contributed by atoms with Crippen LogP contribution in [0.5, 0.6) is 17.2 Å². The molecule has 3 aromatic rings. The zero-order chi connectivity index (χ0) is 24.8. The van der Waals surface area contributed by atoms with Gasteiger partial charge in [-0.25, -0.2) is 4.79 Å². The van der Waals surface area contributed by atoms with E-state index in [9.17, 15) is 9.59 Å². The van der Waals surface area contributed by atoms with E-state index in [0.29, 0.717) is 48.1 Å². The summed E-state index contributed by atoms with van der Waals surface area (Å²) in [5, 5.41) is 2.91. The number of anilines is 2. The Labute approximate surface area is 205 Å². The minimum absolute atomic E-state index is 0.0886. The molecule has 8 heteroatoms. The molecule has 0 atom stereocenters. The lowest BCUT2D eigenvalue weighted by atomic mass is 10.1. The Morgan fingerprint density at radius 1 is 0.857 bits per heavy atom. The highest BCUT2D eigenvalue weighted by molar-refractivity contribution is 6.05. The molecule has 4 rings (SSSR count). The summed E-state index contributed by atoms with van der Waals surface area (Å²) < 4.78 is 15.9. The van der Waals surface area contributed by atoms with Crippen molar-refractivity contribution in [3.8, 4) is 17.2 Å². The summed E-state index contributed by atoms with van der Waals surface area (Å²) in [7, 11) is 4.77. The summed E-state index contributed by atoms with van der Waals surface area (Å²) >= 11 is 0. The zero-order valence-corrected chi connectivity index (χ0v) is 20.1. The normalized spacial score (nSPS) is 13.4. The van der Waals surface area contributed by atoms with Crippen LogP contribution < -0.4 is 24.4 Å². The first kappa shape index (κ1) is 23.9. The molecule has 3 aromatic carbocycles. The highest BCUT2D eigenvalue weighted by atomic mass is 16.5. The summed E-state index contributed by atoms with van der Waals surface area (Å²) in [5.41, 5.74) is 2.75. The second-order valence-corrected chi connectivity index (χ2v) is 8.17. The summed E-state index contributed by atoms with van der Waals surface area (Å²) in [5.74, 6) is 1.72. The Balaban J connectivity index is 1.49. The van der Waals surface area contributed by atoms with Crippen molar-refractivity contribution in [3.63, 3.8) is 0 Å². The van der Waals surface area contributed by atoms with Gasteiger partial charge in [-0.1, -0.05) is 12.1 Å². The van der Waals surface area contributed by atoms with Gasteiger partial charge in [0, 0.05) is 42.6 Å². The van der Waals surface area contributed by atoms with Gasteiger partial charge in [0.25, 0.3) is 5.91 Å². The van der Waals surface area contributed by atoms with E-state index in [2.05, 4.69) is 5.32 Å². The maximum absolute atomic E-state index is 13.4. The maximum atomic E-state index is 13.4. The first-order valence-electron chi connectivity index (χ1n) is 11.3. The number of carbonyl (C=O) groups excluding carboxylic acids is 2.